The Morgan fingerprint density at radius 1 is 1.33 bits per heavy atom. The highest BCUT2D eigenvalue weighted by Gasteiger charge is 2.24. The zero-order valence-corrected chi connectivity index (χ0v) is 14.8. The van der Waals surface area contributed by atoms with E-state index in [9.17, 15) is 9.59 Å². The lowest BCUT2D eigenvalue weighted by Gasteiger charge is -2.31. The van der Waals surface area contributed by atoms with Gasteiger partial charge in [0.25, 0.3) is 5.91 Å². The average Bonchev–Trinajstić information content (AvgIpc) is 2.56. The molecule has 0 aromatic heterocycles. The number of piperidine rings is 1. The zero-order valence-electron chi connectivity index (χ0n) is 14.0. The van der Waals surface area contributed by atoms with Crippen LogP contribution in [0.1, 0.15) is 25.3 Å². The molecular weight excluding hydrogens is 332 g/mol. The quantitative estimate of drug-likeness (QED) is 0.882. The molecule has 6 nitrogen and oxygen atoms in total. The molecule has 1 aliphatic rings. The summed E-state index contributed by atoms with van der Waals surface area (Å²) in [6.07, 6.45) is 1.12. The van der Waals surface area contributed by atoms with Crippen LogP contribution in [0.25, 0.3) is 0 Å². The van der Waals surface area contributed by atoms with Gasteiger partial charge in [-0.1, -0.05) is 17.7 Å². The first-order valence-corrected chi connectivity index (χ1v) is 8.47. The number of hydrogen-bond acceptors (Lipinski definition) is 4. The Morgan fingerprint density at radius 2 is 2.04 bits per heavy atom. The minimum absolute atomic E-state index is 0.0414. The predicted molar refractivity (Wildman–Crippen MR) is 91.4 cm³/mol. The van der Waals surface area contributed by atoms with Gasteiger partial charge in [-0.3, -0.25) is 4.79 Å². The summed E-state index contributed by atoms with van der Waals surface area (Å²) in [6, 6.07) is 5.47. The van der Waals surface area contributed by atoms with E-state index in [1.165, 1.54) is 0 Å². The summed E-state index contributed by atoms with van der Waals surface area (Å²) in [4.78, 5) is 25.3. The van der Waals surface area contributed by atoms with Gasteiger partial charge >= 0.3 is 6.09 Å². The Hall–Kier alpha value is -1.95. The molecule has 0 radical (unpaired) electrons. The van der Waals surface area contributed by atoms with Gasteiger partial charge in [0, 0.05) is 19.1 Å². The highest BCUT2D eigenvalue weighted by Crippen LogP contribution is 2.25. The molecule has 0 aliphatic carbocycles. The Labute approximate surface area is 147 Å². The molecule has 0 saturated carbocycles. The van der Waals surface area contributed by atoms with Crippen molar-refractivity contribution >= 4 is 23.6 Å². The minimum atomic E-state index is -0.292. The van der Waals surface area contributed by atoms with Crippen molar-refractivity contribution in [3.63, 3.8) is 0 Å². The summed E-state index contributed by atoms with van der Waals surface area (Å²) in [6.45, 7) is 5.16. The number of likely N-dealkylation sites (tertiary alicyclic amines) is 1. The van der Waals surface area contributed by atoms with Gasteiger partial charge in [0.05, 0.1) is 11.6 Å². The van der Waals surface area contributed by atoms with E-state index in [0.29, 0.717) is 43.3 Å². The standard InChI is InChI=1S/C17H23ClN2O4/c1-3-23-17(22)20-8-6-13(7-9-20)19-16(21)11-24-15-10-12(2)4-5-14(15)18/h4-5,10,13H,3,6-9,11H2,1-2H3,(H,19,21). The summed E-state index contributed by atoms with van der Waals surface area (Å²) >= 11 is 6.04. The average molecular weight is 355 g/mol. The maximum Gasteiger partial charge on any atom is 0.409 e. The molecular formula is C17H23ClN2O4. The van der Waals surface area contributed by atoms with Crippen molar-refractivity contribution < 1.29 is 19.1 Å². The molecule has 0 spiro atoms. The highest BCUT2D eigenvalue weighted by molar-refractivity contribution is 6.32. The van der Waals surface area contributed by atoms with Gasteiger partial charge in [-0.05, 0) is 44.4 Å². The van der Waals surface area contributed by atoms with Crippen molar-refractivity contribution in [2.45, 2.75) is 32.7 Å². The first-order chi connectivity index (χ1) is 11.5. The fraction of sp³-hybridized carbons (Fsp3) is 0.529. The lowest BCUT2D eigenvalue weighted by molar-refractivity contribution is -0.124. The first kappa shape index (κ1) is 18.4. The minimum Gasteiger partial charge on any atom is -0.482 e. The van der Waals surface area contributed by atoms with Gasteiger partial charge in [-0.25, -0.2) is 4.79 Å². The lowest BCUT2D eigenvalue weighted by atomic mass is 10.1. The van der Waals surface area contributed by atoms with Crippen molar-refractivity contribution in [2.24, 2.45) is 0 Å². The van der Waals surface area contributed by atoms with Gasteiger partial charge < -0.3 is 19.7 Å². The molecule has 2 amide bonds. The lowest BCUT2D eigenvalue weighted by Crippen LogP contribution is -2.47. The van der Waals surface area contributed by atoms with E-state index in [-0.39, 0.29) is 24.6 Å². The number of amides is 2. The molecule has 2 rings (SSSR count). The molecule has 1 heterocycles. The molecule has 1 aromatic rings. The van der Waals surface area contributed by atoms with Crippen molar-refractivity contribution in [3.8, 4) is 5.75 Å². The van der Waals surface area contributed by atoms with E-state index in [2.05, 4.69) is 5.32 Å². The number of nitrogens with zero attached hydrogens (tertiary/aromatic N) is 1. The number of carbonyl (C=O) groups excluding carboxylic acids is 2. The van der Waals surface area contributed by atoms with Gasteiger partial charge in [-0.15, -0.1) is 0 Å². The van der Waals surface area contributed by atoms with Crippen LogP contribution in [0.3, 0.4) is 0 Å². The molecule has 1 aliphatic heterocycles. The molecule has 1 N–H and O–H groups in total. The Bertz CT molecular complexity index is 586. The van der Waals surface area contributed by atoms with E-state index in [1.807, 2.05) is 13.0 Å². The number of hydrogen-bond donors (Lipinski definition) is 1. The Balaban J connectivity index is 1.74. The van der Waals surface area contributed by atoms with Crippen LogP contribution in [0, 0.1) is 6.92 Å². The van der Waals surface area contributed by atoms with Crippen LogP contribution < -0.4 is 10.1 Å². The SMILES string of the molecule is CCOC(=O)N1CCC(NC(=O)COc2cc(C)ccc2Cl)CC1. The number of ether oxygens (including phenoxy) is 2. The summed E-state index contributed by atoms with van der Waals surface area (Å²) in [7, 11) is 0. The van der Waals surface area contributed by atoms with Crippen LogP contribution in [-0.2, 0) is 9.53 Å². The van der Waals surface area contributed by atoms with Crippen LogP contribution in [0.5, 0.6) is 5.75 Å². The van der Waals surface area contributed by atoms with Gasteiger partial charge in [0.1, 0.15) is 5.75 Å². The summed E-state index contributed by atoms with van der Waals surface area (Å²) in [5.74, 6) is 0.311. The highest BCUT2D eigenvalue weighted by atomic mass is 35.5. The third kappa shape index (κ3) is 5.30. The van der Waals surface area contributed by atoms with E-state index >= 15 is 0 Å². The molecule has 1 aromatic carbocycles. The number of rotatable bonds is 5. The van der Waals surface area contributed by atoms with Crippen molar-refractivity contribution in [3.05, 3.63) is 28.8 Å². The second-order valence-corrected chi connectivity index (χ2v) is 6.16. The second-order valence-electron chi connectivity index (χ2n) is 5.75. The fourth-order valence-electron chi connectivity index (χ4n) is 2.55. The van der Waals surface area contributed by atoms with Gasteiger partial charge in [0.2, 0.25) is 0 Å². The predicted octanol–water partition coefficient (Wildman–Crippen LogP) is 2.76. The fourth-order valence-corrected chi connectivity index (χ4v) is 2.73. The molecule has 0 bridgehead atoms. The topological polar surface area (TPSA) is 67.9 Å². The van der Waals surface area contributed by atoms with Crippen LogP contribution >= 0.6 is 11.6 Å². The van der Waals surface area contributed by atoms with Crippen LogP contribution in [0.4, 0.5) is 4.79 Å². The maximum absolute atomic E-state index is 12.0. The van der Waals surface area contributed by atoms with Crippen molar-refractivity contribution in [2.75, 3.05) is 26.3 Å². The van der Waals surface area contributed by atoms with E-state index in [4.69, 9.17) is 21.1 Å². The molecule has 1 fully saturated rings. The molecule has 24 heavy (non-hydrogen) atoms. The summed E-state index contributed by atoms with van der Waals surface area (Å²) < 4.78 is 10.5. The van der Waals surface area contributed by atoms with Crippen LogP contribution in [0.15, 0.2) is 18.2 Å². The molecule has 0 unspecified atom stereocenters. The van der Waals surface area contributed by atoms with E-state index < -0.39 is 0 Å². The third-order valence-electron chi connectivity index (χ3n) is 3.83. The molecule has 132 valence electrons. The summed E-state index contributed by atoms with van der Waals surface area (Å²) in [5, 5.41) is 3.41. The summed E-state index contributed by atoms with van der Waals surface area (Å²) in [5.41, 5.74) is 1.01. The van der Waals surface area contributed by atoms with Crippen molar-refractivity contribution in [1.29, 1.82) is 0 Å². The smallest absolute Gasteiger partial charge is 0.409 e. The van der Waals surface area contributed by atoms with Crippen LogP contribution in [0.2, 0.25) is 5.02 Å². The number of aryl methyl sites for hydroxylation is 1. The first-order valence-electron chi connectivity index (χ1n) is 8.09. The molecule has 7 heteroatoms. The number of benzene rings is 1. The number of carbonyl (C=O) groups is 2. The van der Waals surface area contributed by atoms with Crippen LogP contribution in [-0.4, -0.2) is 49.2 Å². The second kappa shape index (κ2) is 8.78. The van der Waals surface area contributed by atoms with E-state index in [1.54, 1.807) is 24.0 Å². The largest absolute Gasteiger partial charge is 0.482 e. The van der Waals surface area contributed by atoms with Crippen molar-refractivity contribution in [1.82, 2.24) is 10.2 Å². The molecule has 1 saturated heterocycles. The normalized spacial score (nSPS) is 15.0. The number of halogens is 1. The van der Waals surface area contributed by atoms with E-state index in [0.717, 1.165) is 5.56 Å². The van der Waals surface area contributed by atoms with Gasteiger partial charge in [0.15, 0.2) is 6.61 Å². The molecule has 0 atom stereocenters. The van der Waals surface area contributed by atoms with Gasteiger partial charge in [-0.2, -0.15) is 0 Å². The third-order valence-corrected chi connectivity index (χ3v) is 4.14. The monoisotopic (exact) mass is 354 g/mol. The number of nitrogens with one attached hydrogen (secondary N) is 1. The Morgan fingerprint density at radius 3 is 2.71 bits per heavy atom. The zero-order chi connectivity index (χ0) is 17.5. The Kier molecular flexibility index (Phi) is 6.73. The maximum atomic E-state index is 12.0.